The minimum absolute atomic E-state index is 0.00686. The molecule has 9 N–H and O–H groups in total. The van der Waals surface area contributed by atoms with E-state index >= 15 is 0 Å². The van der Waals surface area contributed by atoms with Crippen molar-refractivity contribution >= 4 is 64.9 Å². The Kier molecular flexibility index (Phi) is 34.5. The number of hydrogen-bond donors (Lipinski definition) is 8. The van der Waals surface area contributed by atoms with Crippen LogP contribution in [-0.2, 0) is 65.6 Å². The first-order chi connectivity index (χ1) is 49.6. The molecule has 2 aliphatic rings. The summed E-state index contributed by atoms with van der Waals surface area (Å²) in [5.41, 5.74) is 6.99. The molecule has 584 valence electrons. The number of likely N-dealkylation sites (tertiary alicyclic amines) is 2. The SMILES string of the molecule is CC[C@H](C)[C@@H]([C@@H](CC(=O)N1CCC[C@H]1[C@H](OC)[C@@H](C)C(=O)N[C@@H](Cc1ccccc1)C(=O)NCc1ccc(NC(=O)[C@H](CCCNC(N)=O)NC(=O)[C@@H](NC(=O)CCCN2CC[C@H](C(=O)Oc3c(F)c(F)c(F)c(F)c3F)C[C@@H]2C)C(C)C)cc1)OC)N(C)C(=O)[C@@H](NC(=O)[C@H](C(C)C)N(C)C)C(C)C. The predicted octanol–water partition coefficient (Wildman–Crippen LogP) is 6.87. The summed E-state index contributed by atoms with van der Waals surface area (Å²) in [6.45, 7) is 19.6. The van der Waals surface area contributed by atoms with Gasteiger partial charge >= 0.3 is 12.0 Å². The second-order valence-corrected chi connectivity index (χ2v) is 28.9. The van der Waals surface area contributed by atoms with Gasteiger partial charge in [0.05, 0.1) is 48.6 Å². The van der Waals surface area contributed by atoms with Gasteiger partial charge in [-0.25, -0.2) is 18.0 Å². The molecule has 10 amide bonds. The minimum atomic E-state index is -2.38. The van der Waals surface area contributed by atoms with Gasteiger partial charge in [-0.15, -0.1) is 0 Å². The normalized spacial score (nSPS) is 18.4. The van der Waals surface area contributed by atoms with Gasteiger partial charge in [0.2, 0.25) is 82.1 Å². The third-order valence-electron chi connectivity index (χ3n) is 20.0. The van der Waals surface area contributed by atoms with E-state index < -0.39 is 149 Å². The number of urea groups is 1. The van der Waals surface area contributed by atoms with E-state index in [-0.39, 0.29) is 106 Å². The summed E-state index contributed by atoms with van der Waals surface area (Å²) in [6, 6.07) is 8.84. The number of carbonyl (C=O) groups is 10. The molecule has 0 aromatic heterocycles. The van der Waals surface area contributed by atoms with Crippen LogP contribution >= 0.6 is 0 Å². The van der Waals surface area contributed by atoms with E-state index in [1.54, 1.807) is 68.8 Å². The monoisotopic (exact) mass is 1480 g/mol. The number of rotatable bonds is 39. The molecule has 2 fully saturated rings. The lowest BCUT2D eigenvalue weighted by atomic mass is 9.89. The number of piperidine rings is 1. The Hall–Kier alpha value is -8.35. The summed E-state index contributed by atoms with van der Waals surface area (Å²) < 4.78 is 86.4. The Morgan fingerprint density at radius 2 is 1.28 bits per heavy atom. The number of hydrogen-bond acceptors (Lipinski definition) is 15. The van der Waals surface area contributed by atoms with Crippen molar-refractivity contribution in [1.82, 2.24) is 51.5 Å². The number of nitrogens with one attached hydrogen (secondary N) is 7. The van der Waals surface area contributed by atoms with Gasteiger partial charge in [0.15, 0.2) is 0 Å². The number of benzene rings is 3. The first-order valence-corrected chi connectivity index (χ1v) is 36.3. The fourth-order valence-corrected chi connectivity index (χ4v) is 13.9. The zero-order valence-corrected chi connectivity index (χ0v) is 63.3. The molecule has 0 radical (unpaired) electrons. The summed E-state index contributed by atoms with van der Waals surface area (Å²) in [6.07, 6.45) is 1.07. The molecule has 0 unspecified atom stereocenters. The second-order valence-electron chi connectivity index (χ2n) is 28.9. The first-order valence-electron chi connectivity index (χ1n) is 36.3. The average Bonchev–Trinajstić information content (AvgIpc) is 1.15. The summed E-state index contributed by atoms with van der Waals surface area (Å²) in [5, 5.41) is 19.7. The van der Waals surface area contributed by atoms with Crippen molar-refractivity contribution in [2.24, 2.45) is 41.2 Å². The molecule has 5 rings (SSSR count). The Bertz CT molecular complexity index is 3390. The number of likely N-dealkylation sites (N-methyl/N-ethyl adjacent to an activating group) is 2. The maximum Gasteiger partial charge on any atom is 0.314 e. The highest BCUT2D eigenvalue weighted by Crippen LogP contribution is 2.34. The lowest BCUT2D eigenvalue weighted by Crippen LogP contribution is -2.59. The summed E-state index contributed by atoms with van der Waals surface area (Å²) in [7, 11) is 8.34. The topological polar surface area (TPSA) is 322 Å². The highest BCUT2D eigenvalue weighted by Gasteiger charge is 2.44. The van der Waals surface area contributed by atoms with Gasteiger partial charge < -0.3 is 71.9 Å². The molecular weight excluding hydrogens is 1370 g/mol. The molecule has 30 heteroatoms. The molecule has 0 bridgehead atoms. The number of esters is 1. The molecule has 2 heterocycles. The van der Waals surface area contributed by atoms with Crippen molar-refractivity contribution in [1.29, 1.82) is 0 Å². The van der Waals surface area contributed by atoms with Gasteiger partial charge in [-0.1, -0.05) is 111 Å². The maximum absolute atomic E-state index is 14.7. The third-order valence-corrected chi connectivity index (χ3v) is 20.0. The number of amides is 10. The number of ether oxygens (including phenoxy) is 3. The lowest BCUT2D eigenvalue weighted by molar-refractivity contribution is -0.148. The molecule has 3 aromatic carbocycles. The number of methoxy groups -OCH3 is 2. The van der Waals surface area contributed by atoms with E-state index in [4.69, 9.17) is 15.2 Å². The van der Waals surface area contributed by atoms with Crippen LogP contribution in [0.4, 0.5) is 32.4 Å². The van der Waals surface area contributed by atoms with E-state index in [2.05, 4.69) is 42.0 Å². The van der Waals surface area contributed by atoms with Gasteiger partial charge in [0.1, 0.15) is 24.2 Å². The van der Waals surface area contributed by atoms with Crippen LogP contribution < -0.4 is 47.7 Å². The van der Waals surface area contributed by atoms with E-state index in [1.165, 1.54) is 14.2 Å². The van der Waals surface area contributed by atoms with Gasteiger partial charge in [0.25, 0.3) is 0 Å². The standard InChI is InChI=1S/C75H111F5N12O13/c1-16-44(8)65(90(13)73(100)63(42(4)5)88-72(99)64(43(6)7)89(11)12)54(103-14)39-56(94)92-35-21-26-53(92)66(104-15)46(10)68(95)86-52(38-47-23-18-17-19-24-47)69(96)83-40-48-28-30-50(31-29-48)84-70(97)51(25-20-33-82-75(81)102)85-71(98)62(41(2)3)87-55(93)27-22-34-91-36-32-49(37-45(91)9)74(101)105-67-60(79)58(77)57(76)59(78)61(67)80/h17-19,23-24,28-31,41-46,49,51-54,62-66H,16,20-22,25-27,32-40H2,1-15H3,(H,83,96)(H,84,97)(H,85,98)(H,86,95)(H,87,93)(H,88,99)(H3,81,82,102)/t44-,45-,46+,49-,51-,52-,53-,54+,62-,63-,64-,65-,66+/m0/s1. The lowest BCUT2D eigenvalue weighted by Gasteiger charge is -2.41. The van der Waals surface area contributed by atoms with Gasteiger partial charge in [0, 0.05) is 65.5 Å². The van der Waals surface area contributed by atoms with Gasteiger partial charge in [-0.05, 0) is 126 Å². The largest absolute Gasteiger partial charge is 0.420 e. The van der Waals surface area contributed by atoms with Crippen LogP contribution in [0.25, 0.3) is 0 Å². The van der Waals surface area contributed by atoms with Crippen LogP contribution in [0.1, 0.15) is 145 Å². The van der Waals surface area contributed by atoms with Crippen molar-refractivity contribution in [3.63, 3.8) is 0 Å². The van der Waals surface area contributed by atoms with Crippen molar-refractivity contribution < 1.29 is 84.1 Å². The van der Waals surface area contributed by atoms with Gasteiger partial charge in [-0.2, -0.15) is 8.78 Å². The van der Waals surface area contributed by atoms with Crippen molar-refractivity contribution in [2.75, 3.05) is 66.9 Å². The number of anilines is 1. The quantitative estimate of drug-likeness (QED) is 0.00721. The van der Waals surface area contributed by atoms with Crippen LogP contribution in [0.15, 0.2) is 54.6 Å². The molecular formula is C75H111F5N12O13. The van der Waals surface area contributed by atoms with Crippen LogP contribution in [0, 0.1) is 64.6 Å². The summed E-state index contributed by atoms with van der Waals surface area (Å²) >= 11 is 0. The number of halogens is 5. The number of primary amides is 1. The molecule has 0 spiro atoms. The molecule has 0 saturated carbocycles. The first kappa shape index (κ1) is 87.3. The number of nitrogens with two attached hydrogens (primary N) is 1. The van der Waals surface area contributed by atoms with Crippen LogP contribution in [0.5, 0.6) is 5.75 Å². The van der Waals surface area contributed by atoms with E-state index in [0.717, 1.165) is 5.56 Å². The third kappa shape index (κ3) is 24.6. The van der Waals surface area contributed by atoms with E-state index in [9.17, 15) is 69.9 Å². The zero-order valence-electron chi connectivity index (χ0n) is 63.3. The molecule has 25 nitrogen and oxygen atoms in total. The fourth-order valence-electron chi connectivity index (χ4n) is 13.9. The fraction of sp³-hybridized carbons (Fsp3) is 0.627. The number of nitrogens with zero attached hydrogens (tertiary/aromatic N) is 4. The Morgan fingerprint density at radius 1 is 0.657 bits per heavy atom. The second kappa shape index (κ2) is 41.5. The molecule has 105 heavy (non-hydrogen) atoms. The number of carbonyl (C=O) groups excluding carboxylic acids is 10. The average molecular weight is 1480 g/mol. The van der Waals surface area contributed by atoms with Crippen molar-refractivity contribution in [3.05, 3.63) is 94.8 Å². The maximum atomic E-state index is 14.7. The van der Waals surface area contributed by atoms with Gasteiger partial charge in [-0.3, -0.25) is 48.1 Å². The molecule has 2 aliphatic heterocycles. The Balaban J connectivity index is 1.19. The van der Waals surface area contributed by atoms with E-state index in [0.29, 0.717) is 50.0 Å². The minimum Gasteiger partial charge on any atom is -0.420 e. The van der Waals surface area contributed by atoms with Crippen LogP contribution in [0.2, 0.25) is 0 Å². The van der Waals surface area contributed by atoms with Crippen molar-refractivity contribution in [3.8, 4) is 5.75 Å². The molecule has 13 atom stereocenters. The highest BCUT2D eigenvalue weighted by atomic mass is 19.2. The van der Waals surface area contributed by atoms with Crippen LogP contribution in [-0.4, -0.2) is 201 Å². The molecule has 2 saturated heterocycles. The predicted molar refractivity (Wildman–Crippen MR) is 385 cm³/mol. The van der Waals surface area contributed by atoms with Crippen LogP contribution in [0.3, 0.4) is 0 Å². The molecule has 3 aromatic rings. The Morgan fingerprint density at radius 3 is 1.84 bits per heavy atom. The molecule has 0 aliphatic carbocycles. The van der Waals surface area contributed by atoms with E-state index in [1.807, 2.05) is 95.8 Å². The Labute approximate surface area is 613 Å². The summed E-state index contributed by atoms with van der Waals surface area (Å²) in [4.78, 5) is 144. The summed E-state index contributed by atoms with van der Waals surface area (Å²) in [5.74, 6) is -20.4. The van der Waals surface area contributed by atoms with Crippen molar-refractivity contribution in [2.45, 2.75) is 207 Å². The zero-order chi connectivity index (χ0) is 78.3. The smallest absolute Gasteiger partial charge is 0.314 e. The highest BCUT2D eigenvalue weighted by molar-refractivity contribution is 5.98.